The Labute approximate surface area is 114 Å². The van der Waals surface area contributed by atoms with Gasteiger partial charge in [0, 0.05) is 4.83 Å². The van der Waals surface area contributed by atoms with Gasteiger partial charge in [-0.25, -0.2) is 0 Å². The molecule has 1 atom stereocenters. The molecule has 0 bridgehead atoms. The molecule has 1 aromatic carbocycles. The molecule has 2 heteroatoms. The van der Waals surface area contributed by atoms with Crippen molar-refractivity contribution in [3.8, 4) is 5.75 Å². The summed E-state index contributed by atoms with van der Waals surface area (Å²) in [5.41, 5.74) is 1.33. The van der Waals surface area contributed by atoms with Gasteiger partial charge in [0.2, 0.25) is 0 Å². The first-order chi connectivity index (χ1) is 7.99. The van der Waals surface area contributed by atoms with Gasteiger partial charge in [0.25, 0.3) is 0 Å². The van der Waals surface area contributed by atoms with E-state index in [0.717, 1.165) is 11.7 Å². The van der Waals surface area contributed by atoms with Crippen LogP contribution in [0, 0.1) is 5.92 Å². The summed E-state index contributed by atoms with van der Waals surface area (Å²) in [5, 5.41) is 0. The Morgan fingerprint density at radius 2 is 1.59 bits per heavy atom. The van der Waals surface area contributed by atoms with Crippen molar-refractivity contribution in [2.24, 2.45) is 5.92 Å². The monoisotopic (exact) mass is 298 g/mol. The fourth-order valence-electron chi connectivity index (χ4n) is 1.67. The van der Waals surface area contributed by atoms with Crippen molar-refractivity contribution in [1.29, 1.82) is 0 Å². The smallest absolute Gasteiger partial charge is 0.119 e. The van der Waals surface area contributed by atoms with E-state index in [1.165, 1.54) is 18.4 Å². The highest BCUT2D eigenvalue weighted by molar-refractivity contribution is 9.09. The second-order valence-corrected chi connectivity index (χ2v) is 6.28. The molecule has 1 rings (SSSR count). The van der Waals surface area contributed by atoms with Crippen molar-refractivity contribution in [3.05, 3.63) is 29.8 Å². The number of benzene rings is 1. The molecule has 0 saturated carbocycles. The Hall–Kier alpha value is -0.500. The van der Waals surface area contributed by atoms with Crippen LogP contribution in [0.1, 0.15) is 50.9 Å². The topological polar surface area (TPSA) is 9.23 Å². The molecule has 0 aliphatic carbocycles. The number of alkyl halides is 1. The van der Waals surface area contributed by atoms with E-state index in [1.807, 2.05) is 13.8 Å². The maximum absolute atomic E-state index is 5.63. The molecule has 0 amide bonds. The van der Waals surface area contributed by atoms with Crippen LogP contribution in [0.5, 0.6) is 5.75 Å². The summed E-state index contributed by atoms with van der Waals surface area (Å²) in [7, 11) is 0. The number of rotatable bonds is 6. The van der Waals surface area contributed by atoms with Crippen molar-refractivity contribution in [2.75, 3.05) is 0 Å². The first-order valence-electron chi connectivity index (χ1n) is 6.39. The first-order valence-corrected chi connectivity index (χ1v) is 7.31. The molecule has 0 saturated heterocycles. The van der Waals surface area contributed by atoms with Gasteiger partial charge < -0.3 is 4.74 Å². The number of hydrogen-bond donors (Lipinski definition) is 0. The van der Waals surface area contributed by atoms with Crippen molar-refractivity contribution >= 4 is 15.9 Å². The van der Waals surface area contributed by atoms with Gasteiger partial charge in [0.1, 0.15) is 5.75 Å². The van der Waals surface area contributed by atoms with E-state index < -0.39 is 0 Å². The van der Waals surface area contributed by atoms with Crippen LogP contribution in [0.15, 0.2) is 24.3 Å². The second kappa shape index (κ2) is 7.05. The van der Waals surface area contributed by atoms with Crippen LogP contribution in [0.2, 0.25) is 0 Å². The molecule has 0 fully saturated rings. The zero-order valence-electron chi connectivity index (χ0n) is 11.2. The summed E-state index contributed by atoms with van der Waals surface area (Å²) in [6.07, 6.45) is 2.67. The molecule has 1 unspecified atom stereocenters. The molecule has 17 heavy (non-hydrogen) atoms. The van der Waals surface area contributed by atoms with E-state index in [9.17, 15) is 0 Å². The van der Waals surface area contributed by atoms with Crippen LogP contribution in [-0.4, -0.2) is 6.10 Å². The fourth-order valence-corrected chi connectivity index (χ4v) is 2.24. The lowest BCUT2D eigenvalue weighted by Crippen LogP contribution is -2.05. The minimum atomic E-state index is 0.238. The van der Waals surface area contributed by atoms with Gasteiger partial charge in [0.15, 0.2) is 0 Å². The molecule has 0 radical (unpaired) electrons. The summed E-state index contributed by atoms with van der Waals surface area (Å²) >= 11 is 3.75. The van der Waals surface area contributed by atoms with E-state index in [0.29, 0.717) is 4.83 Å². The maximum Gasteiger partial charge on any atom is 0.119 e. The quantitative estimate of drug-likeness (QED) is 0.644. The van der Waals surface area contributed by atoms with Crippen molar-refractivity contribution in [2.45, 2.75) is 51.5 Å². The summed E-state index contributed by atoms with van der Waals surface area (Å²) < 4.78 is 5.63. The summed E-state index contributed by atoms with van der Waals surface area (Å²) in [6.45, 7) is 8.62. The third-order valence-corrected chi connectivity index (χ3v) is 3.60. The summed E-state index contributed by atoms with van der Waals surface area (Å²) in [5.74, 6) is 1.71. The molecule has 0 heterocycles. The summed E-state index contributed by atoms with van der Waals surface area (Å²) in [6, 6.07) is 8.41. The van der Waals surface area contributed by atoms with E-state index in [2.05, 4.69) is 54.0 Å². The second-order valence-electron chi connectivity index (χ2n) is 5.17. The molecular weight excluding hydrogens is 276 g/mol. The normalized spacial score (nSPS) is 13.1. The number of ether oxygens (including phenoxy) is 1. The van der Waals surface area contributed by atoms with E-state index in [1.54, 1.807) is 0 Å². The Morgan fingerprint density at radius 1 is 1.00 bits per heavy atom. The zero-order chi connectivity index (χ0) is 12.8. The van der Waals surface area contributed by atoms with Crippen LogP contribution in [0.25, 0.3) is 0 Å². The van der Waals surface area contributed by atoms with Crippen molar-refractivity contribution < 1.29 is 4.74 Å². The lowest BCUT2D eigenvalue weighted by atomic mass is 10.0. The highest BCUT2D eigenvalue weighted by Gasteiger charge is 2.08. The predicted molar refractivity (Wildman–Crippen MR) is 77.9 cm³/mol. The largest absolute Gasteiger partial charge is 0.491 e. The van der Waals surface area contributed by atoms with Crippen LogP contribution < -0.4 is 4.74 Å². The molecule has 0 spiro atoms. The molecule has 0 aromatic heterocycles. The molecule has 0 N–H and O–H groups in total. The minimum Gasteiger partial charge on any atom is -0.491 e. The van der Waals surface area contributed by atoms with Crippen LogP contribution >= 0.6 is 15.9 Å². The third-order valence-electron chi connectivity index (χ3n) is 2.61. The van der Waals surface area contributed by atoms with Gasteiger partial charge in [-0.1, -0.05) is 41.9 Å². The average Bonchev–Trinajstić information content (AvgIpc) is 2.26. The van der Waals surface area contributed by atoms with Gasteiger partial charge in [0.05, 0.1) is 6.10 Å². The lowest BCUT2D eigenvalue weighted by molar-refractivity contribution is 0.242. The van der Waals surface area contributed by atoms with Crippen LogP contribution in [0.4, 0.5) is 0 Å². The molecule has 0 aliphatic heterocycles. The van der Waals surface area contributed by atoms with Gasteiger partial charge in [-0.15, -0.1) is 0 Å². The molecule has 1 aromatic rings. The first kappa shape index (κ1) is 14.6. The minimum absolute atomic E-state index is 0.238. The number of halogens is 1. The van der Waals surface area contributed by atoms with E-state index >= 15 is 0 Å². The SMILES string of the molecule is CC(C)CCC(Br)c1ccc(OC(C)C)cc1. The highest BCUT2D eigenvalue weighted by atomic mass is 79.9. The van der Waals surface area contributed by atoms with Crippen LogP contribution in [0.3, 0.4) is 0 Å². The van der Waals surface area contributed by atoms with Gasteiger partial charge >= 0.3 is 0 Å². The maximum atomic E-state index is 5.63. The Kier molecular flexibility index (Phi) is 6.04. The Balaban J connectivity index is 2.54. The third kappa shape index (κ3) is 5.58. The standard InChI is InChI=1S/C15H23BrO/c1-11(2)5-10-15(16)13-6-8-14(9-7-13)17-12(3)4/h6-9,11-12,15H,5,10H2,1-4H3. The zero-order valence-corrected chi connectivity index (χ0v) is 12.8. The Morgan fingerprint density at radius 3 is 2.06 bits per heavy atom. The van der Waals surface area contributed by atoms with E-state index in [4.69, 9.17) is 4.74 Å². The van der Waals surface area contributed by atoms with Crippen LogP contribution in [-0.2, 0) is 0 Å². The van der Waals surface area contributed by atoms with Crippen molar-refractivity contribution in [3.63, 3.8) is 0 Å². The van der Waals surface area contributed by atoms with E-state index in [-0.39, 0.29) is 6.10 Å². The van der Waals surface area contributed by atoms with Crippen molar-refractivity contribution in [1.82, 2.24) is 0 Å². The lowest BCUT2D eigenvalue weighted by Gasteiger charge is -2.14. The fraction of sp³-hybridized carbons (Fsp3) is 0.600. The summed E-state index contributed by atoms with van der Waals surface area (Å²) in [4.78, 5) is 0.456. The van der Waals surface area contributed by atoms with Gasteiger partial charge in [-0.05, 0) is 50.3 Å². The molecule has 0 aliphatic rings. The Bertz CT molecular complexity index is 316. The van der Waals surface area contributed by atoms with Gasteiger partial charge in [-0.2, -0.15) is 0 Å². The molecule has 96 valence electrons. The molecular formula is C15H23BrO. The number of hydrogen-bond acceptors (Lipinski definition) is 1. The predicted octanol–water partition coefficient (Wildman–Crippen LogP) is 5.35. The average molecular weight is 299 g/mol. The van der Waals surface area contributed by atoms with Gasteiger partial charge in [-0.3, -0.25) is 0 Å². The highest BCUT2D eigenvalue weighted by Crippen LogP contribution is 2.30. The molecule has 1 nitrogen and oxygen atoms in total.